The molecule has 0 saturated carbocycles. The Morgan fingerprint density at radius 2 is 1.74 bits per heavy atom. The Morgan fingerprint density at radius 1 is 1.09 bits per heavy atom. The van der Waals surface area contributed by atoms with E-state index in [1.54, 1.807) is 12.1 Å². The summed E-state index contributed by atoms with van der Waals surface area (Å²) in [4.78, 5) is 12.4. The van der Waals surface area contributed by atoms with Gasteiger partial charge in [0.25, 0.3) is 0 Å². The minimum absolute atomic E-state index is 0.0157. The van der Waals surface area contributed by atoms with Gasteiger partial charge in [-0.1, -0.05) is 51.1 Å². The molecule has 0 aliphatic rings. The van der Waals surface area contributed by atoms with Crippen LogP contribution in [0, 0.1) is 12.7 Å². The van der Waals surface area contributed by atoms with Crippen molar-refractivity contribution in [3.05, 3.63) is 65.0 Å². The van der Waals surface area contributed by atoms with Gasteiger partial charge in [-0.3, -0.25) is 4.79 Å². The van der Waals surface area contributed by atoms with Crippen molar-refractivity contribution in [2.45, 2.75) is 46.0 Å². The lowest BCUT2D eigenvalue weighted by molar-refractivity contribution is -0.116. The van der Waals surface area contributed by atoms with Gasteiger partial charge in [-0.2, -0.15) is 0 Å². The molecule has 1 N–H and O–H groups in total. The first-order valence-corrected chi connectivity index (χ1v) is 8.03. The zero-order valence-corrected chi connectivity index (χ0v) is 14.2. The standard InChI is InChI=1S/C20H24FNO/c1-13(2)18-7-5-6-14(3)20(18)22-19(23)12-15(4)16-8-10-17(21)11-9-16/h5-11,13,15H,12H2,1-4H3,(H,22,23). The topological polar surface area (TPSA) is 29.1 Å². The average Bonchev–Trinajstić information content (AvgIpc) is 2.49. The van der Waals surface area contributed by atoms with Crippen molar-refractivity contribution in [2.24, 2.45) is 0 Å². The first-order chi connectivity index (χ1) is 10.9. The molecular formula is C20H24FNO. The molecule has 0 spiro atoms. The van der Waals surface area contributed by atoms with Crippen LogP contribution in [0.2, 0.25) is 0 Å². The van der Waals surface area contributed by atoms with Crippen molar-refractivity contribution in [3.63, 3.8) is 0 Å². The van der Waals surface area contributed by atoms with Crippen LogP contribution in [0.4, 0.5) is 10.1 Å². The summed E-state index contributed by atoms with van der Waals surface area (Å²) in [6, 6.07) is 12.4. The van der Waals surface area contributed by atoms with E-state index < -0.39 is 0 Å². The van der Waals surface area contributed by atoms with Crippen molar-refractivity contribution < 1.29 is 9.18 Å². The SMILES string of the molecule is Cc1cccc(C(C)C)c1NC(=O)CC(C)c1ccc(F)cc1. The summed E-state index contributed by atoms with van der Waals surface area (Å²) in [5.41, 5.74) is 4.10. The lowest BCUT2D eigenvalue weighted by Gasteiger charge is -2.18. The Labute approximate surface area is 137 Å². The molecule has 0 radical (unpaired) electrons. The maximum absolute atomic E-state index is 13.0. The van der Waals surface area contributed by atoms with Crippen molar-refractivity contribution in [2.75, 3.05) is 5.32 Å². The third-order valence-corrected chi connectivity index (χ3v) is 4.12. The predicted octanol–water partition coefficient (Wildman–Crippen LogP) is 5.39. The van der Waals surface area contributed by atoms with Crippen LogP contribution in [0.3, 0.4) is 0 Å². The number of anilines is 1. The maximum atomic E-state index is 13.0. The molecule has 1 unspecified atom stereocenters. The van der Waals surface area contributed by atoms with Gasteiger partial charge < -0.3 is 5.32 Å². The van der Waals surface area contributed by atoms with Gasteiger partial charge in [-0.15, -0.1) is 0 Å². The van der Waals surface area contributed by atoms with E-state index in [2.05, 4.69) is 25.2 Å². The molecule has 0 saturated heterocycles. The molecular weight excluding hydrogens is 289 g/mol. The van der Waals surface area contributed by atoms with Crippen molar-refractivity contribution in [3.8, 4) is 0 Å². The quantitative estimate of drug-likeness (QED) is 0.788. The Kier molecular flexibility index (Phi) is 5.54. The number of para-hydroxylation sites is 1. The molecule has 122 valence electrons. The fourth-order valence-corrected chi connectivity index (χ4v) is 2.72. The van der Waals surface area contributed by atoms with Crippen LogP contribution >= 0.6 is 0 Å². The van der Waals surface area contributed by atoms with Crippen LogP contribution in [0.15, 0.2) is 42.5 Å². The van der Waals surface area contributed by atoms with Gasteiger partial charge in [-0.25, -0.2) is 4.39 Å². The van der Waals surface area contributed by atoms with Gasteiger partial charge in [0.05, 0.1) is 0 Å². The average molecular weight is 313 g/mol. The van der Waals surface area contributed by atoms with Crippen LogP contribution < -0.4 is 5.32 Å². The molecule has 3 heteroatoms. The Balaban J connectivity index is 2.09. The van der Waals surface area contributed by atoms with Crippen molar-refractivity contribution in [1.82, 2.24) is 0 Å². The summed E-state index contributed by atoms with van der Waals surface area (Å²) in [7, 11) is 0. The van der Waals surface area contributed by atoms with Crippen LogP contribution in [-0.2, 0) is 4.79 Å². The van der Waals surface area contributed by atoms with Gasteiger partial charge in [0, 0.05) is 12.1 Å². The predicted molar refractivity (Wildman–Crippen MR) is 93.3 cm³/mol. The molecule has 23 heavy (non-hydrogen) atoms. The summed E-state index contributed by atoms with van der Waals surface area (Å²) in [5, 5.41) is 3.06. The van der Waals surface area contributed by atoms with E-state index in [1.807, 2.05) is 26.0 Å². The summed E-state index contributed by atoms with van der Waals surface area (Å²) in [5.74, 6) is 0.117. The number of rotatable bonds is 5. The molecule has 0 bridgehead atoms. The minimum Gasteiger partial charge on any atom is -0.326 e. The number of nitrogens with one attached hydrogen (secondary N) is 1. The molecule has 2 aromatic carbocycles. The van der Waals surface area contributed by atoms with Crippen molar-refractivity contribution >= 4 is 11.6 Å². The summed E-state index contributed by atoms with van der Waals surface area (Å²) in [6.07, 6.45) is 0.373. The monoisotopic (exact) mass is 313 g/mol. The second-order valence-corrected chi connectivity index (χ2v) is 6.40. The third-order valence-electron chi connectivity index (χ3n) is 4.12. The molecule has 1 amide bonds. The van der Waals surface area contributed by atoms with Gasteiger partial charge in [0.15, 0.2) is 0 Å². The molecule has 2 nitrogen and oxygen atoms in total. The van der Waals surface area contributed by atoms with E-state index >= 15 is 0 Å². The third kappa shape index (κ3) is 4.41. The normalized spacial score (nSPS) is 12.3. The molecule has 2 rings (SSSR count). The largest absolute Gasteiger partial charge is 0.326 e. The second-order valence-electron chi connectivity index (χ2n) is 6.40. The van der Waals surface area contributed by atoms with Gasteiger partial charge in [0.2, 0.25) is 5.91 Å². The van der Waals surface area contributed by atoms with E-state index in [1.165, 1.54) is 12.1 Å². The molecule has 0 aromatic heterocycles. The summed E-state index contributed by atoms with van der Waals surface area (Å²) >= 11 is 0. The molecule has 0 fully saturated rings. The van der Waals surface area contributed by atoms with Crippen LogP contribution in [0.25, 0.3) is 0 Å². The fraction of sp³-hybridized carbons (Fsp3) is 0.350. The second kappa shape index (κ2) is 7.40. The number of carbonyl (C=O) groups excluding carboxylic acids is 1. The van der Waals surface area contributed by atoms with Gasteiger partial charge in [0.1, 0.15) is 5.82 Å². The van der Waals surface area contributed by atoms with E-state index in [9.17, 15) is 9.18 Å². The van der Waals surface area contributed by atoms with Crippen molar-refractivity contribution in [1.29, 1.82) is 0 Å². The lowest BCUT2D eigenvalue weighted by atomic mass is 9.96. The number of halogens is 1. The lowest BCUT2D eigenvalue weighted by Crippen LogP contribution is -2.16. The Hall–Kier alpha value is -2.16. The van der Waals surface area contributed by atoms with Crippen LogP contribution in [0.1, 0.15) is 55.7 Å². The Bertz CT molecular complexity index is 677. The van der Waals surface area contributed by atoms with Gasteiger partial charge >= 0.3 is 0 Å². The van der Waals surface area contributed by atoms with E-state index in [4.69, 9.17) is 0 Å². The minimum atomic E-state index is -0.258. The number of hydrogen-bond acceptors (Lipinski definition) is 1. The number of hydrogen-bond donors (Lipinski definition) is 1. The van der Waals surface area contributed by atoms with Crippen LogP contribution in [0.5, 0.6) is 0 Å². The highest BCUT2D eigenvalue weighted by molar-refractivity contribution is 5.93. The highest BCUT2D eigenvalue weighted by Crippen LogP contribution is 2.28. The number of carbonyl (C=O) groups is 1. The zero-order valence-electron chi connectivity index (χ0n) is 14.2. The molecule has 0 aliphatic heterocycles. The zero-order chi connectivity index (χ0) is 17.0. The molecule has 0 aliphatic carbocycles. The highest BCUT2D eigenvalue weighted by Gasteiger charge is 2.15. The number of benzene rings is 2. The summed E-state index contributed by atoms with van der Waals surface area (Å²) < 4.78 is 13.0. The number of aryl methyl sites for hydroxylation is 1. The first kappa shape index (κ1) is 17.2. The molecule has 2 aromatic rings. The maximum Gasteiger partial charge on any atom is 0.224 e. The smallest absolute Gasteiger partial charge is 0.224 e. The highest BCUT2D eigenvalue weighted by atomic mass is 19.1. The van der Waals surface area contributed by atoms with Gasteiger partial charge in [-0.05, 0) is 47.6 Å². The fourth-order valence-electron chi connectivity index (χ4n) is 2.72. The molecule has 1 atom stereocenters. The number of amides is 1. The molecule has 0 heterocycles. The van der Waals surface area contributed by atoms with E-state index in [0.717, 1.165) is 22.4 Å². The van der Waals surface area contributed by atoms with E-state index in [-0.39, 0.29) is 17.6 Å². The first-order valence-electron chi connectivity index (χ1n) is 8.03. The Morgan fingerprint density at radius 3 is 2.35 bits per heavy atom. The van der Waals surface area contributed by atoms with Crippen LogP contribution in [-0.4, -0.2) is 5.91 Å². The van der Waals surface area contributed by atoms with E-state index in [0.29, 0.717) is 12.3 Å². The summed E-state index contributed by atoms with van der Waals surface area (Å²) in [6.45, 7) is 8.22.